The van der Waals surface area contributed by atoms with Gasteiger partial charge in [0.1, 0.15) is 17.2 Å². The summed E-state index contributed by atoms with van der Waals surface area (Å²) in [5.74, 6) is 1.12. The Labute approximate surface area is 114 Å². The number of furan rings is 1. The summed E-state index contributed by atoms with van der Waals surface area (Å²) in [5, 5.41) is 4.34. The lowest BCUT2D eigenvalue weighted by Gasteiger charge is -2.19. The Morgan fingerprint density at radius 2 is 2.00 bits per heavy atom. The third-order valence-corrected chi connectivity index (χ3v) is 3.37. The number of rotatable bonds is 5. The zero-order valence-electron chi connectivity index (χ0n) is 12.1. The average Bonchev–Trinajstić information content (AvgIpc) is 2.73. The molecule has 0 spiro atoms. The Morgan fingerprint density at radius 3 is 2.63 bits per heavy atom. The van der Waals surface area contributed by atoms with Gasteiger partial charge >= 0.3 is 0 Å². The van der Waals surface area contributed by atoms with Gasteiger partial charge in [-0.2, -0.15) is 0 Å². The fourth-order valence-corrected chi connectivity index (χ4v) is 2.42. The van der Waals surface area contributed by atoms with Crippen molar-refractivity contribution in [2.75, 3.05) is 6.54 Å². The fourth-order valence-electron chi connectivity index (χ4n) is 2.42. The van der Waals surface area contributed by atoms with Gasteiger partial charge in [-0.05, 0) is 49.6 Å². The molecule has 2 rings (SSSR count). The number of fused-ring (bicyclic) bond motifs is 1. The predicted octanol–water partition coefficient (Wildman–Crippen LogP) is 4.58. The molecule has 1 heterocycles. The van der Waals surface area contributed by atoms with E-state index in [1.807, 2.05) is 13.0 Å². The van der Waals surface area contributed by atoms with E-state index < -0.39 is 0 Å². The molecule has 2 nitrogen and oxygen atoms in total. The summed E-state index contributed by atoms with van der Waals surface area (Å²) in [6.07, 6.45) is 1.08. The van der Waals surface area contributed by atoms with E-state index in [2.05, 4.69) is 26.1 Å². The third kappa shape index (κ3) is 2.98. The lowest BCUT2D eigenvalue weighted by Crippen LogP contribution is -2.25. The summed E-state index contributed by atoms with van der Waals surface area (Å²) in [5.41, 5.74) is 1.64. The molecule has 0 amide bonds. The molecule has 0 bridgehead atoms. The first-order chi connectivity index (χ1) is 9.02. The summed E-state index contributed by atoms with van der Waals surface area (Å²) in [7, 11) is 0. The van der Waals surface area contributed by atoms with Gasteiger partial charge in [0.05, 0.1) is 6.04 Å². The molecule has 1 unspecified atom stereocenters. The van der Waals surface area contributed by atoms with Gasteiger partial charge in [0.15, 0.2) is 0 Å². The Hall–Kier alpha value is -1.35. The Balaban J connectivity index is 2.40. The molecular formula is C16H22FNO. The molecule has 0 aliphatic rings. The third-order valence-electron chi connectivity index (χ3n) is 3.37. The molecule has 0 aliphatic carbocycles. The second kappa shape index (κ2) is 5.74. The van der Waals surface area contributed by atoms with Gasteiger partial charge in [-0.3, -0.25) is 0 Å². The van der Waals surface area contributed by atoms with Crippen molar-refractivity contribution in [3.8, 4) is 0 Å². The van der Waals surface area contributed by atoms with E-state index in [4.69, 9.17) is 4.42 Å². The highest BCUT2D eigenvalue weighted by Crippen LogP contribution is 2.30. The Bertz CT molecular complexity index is 559. The van der Waals surface area contributed by atoms with Gasteiger partial charge in [-0.1, -0.05) is 20.8 Å². The second-order valence-electron chi connectivity index (χ2n) is 5.47. The van der Waals surface area contributed by atoms with Crippen molar-refractivity contribution in [1.29, 1.82) is 0 Å². The van der Waals surface area contributed by atoms with Crippen LogP contribution in [0.15, 0.2) is 22.6 Å². The zero-order chi connectivity index (χ0) is 14.0. The van der Waals surface area contributed by atoms with Crippen LogP contribution in [0, 0.1) is 18.7 Å². The van der Waals surface area contributed by atoms with Crippen molar-refractivity contribution in [3.05, 3.63) is 35.3 Å². The number of aryl methyl sites for hydroxylation is 1. The first kappa shape index (κ1) is 14.1. The van der Waals surface area contributed by atoms with E-state index in [0.717, 1.165) is 35.3 Å². The maximum Gasteiger partial charge on any atom is 0.137 e. The van der Waals surface area contributed by atoms with Crippen molar-refractivity contribution in [3.63, 3.8) is 0 Å². The van der Waals surface area contributed by atoms with Crippen LogP contribution in [0.2, 0.25) is 0 Å². The van der Waals surface area contributed by atoms with E-state index in [1.54, 1.807) is 0 Å². The molecule has 2 aromatic rings. The van der Waals surface area contributed by atoms with Gasteiger partial charge in [0.2, 0.25) is 0 Å². The Morgan fingerprint density at radius 1 is 1.26 bits per heavy atom. The van der Waals surface area contributed by atoms with Gasteiger partial charge in [0.25, 0.3) is 0 Å². The van der Waals surface area contributed by atoms with Gasteiger partial charge in [-0.15, -0.1) is 0 Å². The van der Waals surface area contributed by atoms with Crippen LogP contribution in [0.5, 0.6) is 0 Å². The lowest BCUT2D eigenvalue weighted by molar-refractivity contribution is 0.351. The highest BCUT2D eigenvalue weighted by atomic mass is 19.1. The molecule has 19 heavy (non-hydrogen) atoms. The average molecular weight is 263 g/mol. The normalized spacial score (nSPS) is 13.4. The molecule has 104 valence electrons. The van der Waals surface area contributed by atoms with Crippen LogP contribution in [0.3, 0.4) is 0 Å². The van der Waals surface area contributed by atoms with Gasteiger partial charge in [-0.25, -0.2) is 4.39 Å². The fraction of sp³-hybridized carbons (Fsp3) is 0.500. The first-order valence-electron chi connectivity index (χ1n) is 6.96. The van der Waals surface area contributed by atoms with Crippen LogP contribution in [0.4, 0.5) is 4.39 Å². The Kier molecular flexibility index (Phi) is 4.25. The van der Waals surface area contributed by atoms with E-state index in [0.29, 0.717) is 5.92 Å². The van der Waals surface area contributed by atoms with Crippen molar-refractivity contribution < 1.29 is 8.81 Å². The quantitative estimate of drug-likeness (QED) is 0.854. The summed E-state index contributed by atoms with van der Waals surface area (Å²) in [4.78, 5) is 0. The van der Waals surface area contributed by atoms with Crippen molar-refractivity contribution in [1.82, 2.24) is 5.32 Å². The molecule has 0 fully saturated rings. The molecule has 1 aromatic heterocycles. The van der Waals surface area contributed by atoms with E-state index in [9.17, 15) is 4.39 Å². The molecule has 0 saturated heterocycles. The largest absolute Gasteiger partial charge is 0.459 e. The minimum absolute atomic E-state index is 0.176. The van der Waals surface area contributed by atoms with Crippen LogP contribution in [0.25, 0.3) is 11.0 Å². The topological polar surface area (TPSA) is 25.2 Å². The van der Waals surface area contributed by atoms with Crippen molar-refractivity contribution in [2.24, 2.45) is 5.92 Å². The van der Waals surface area contributed by atoms with E-state index in [-0.39, 0.29) is 11.9 Å². The molecule has 1 N–H and O–H groups in total. The number of halogens is 1. The highest BCUT2D eigenvalue weighted by Gasteiger charge is 2.20. The molecule has 0 radical (unpaired) electrons. The zero-order valence-corrected chi connectivity index (χ0v) is 12.1. The monoisotopic (exact) mass is 263 g/mol. The molecular weight excluding hydrogens is 241 g/mol. The minimum atomic E-state index is -0.208. The van der Waals surface area contributed by atoms with Crippen LogP contribution in [-0.4, -0.2) is 6.54 Å². The SMILES string of the molecule is CCCNC(c1cc2cc(F)cc(C)c2o1)C(C)C. The number of hydrogen-bond acceptors (Lipinski definition) is 2. The minimum Gasteiger partial charge on any atom is -0.459 e. The van der Waals surface area contributed by atoms with Crippen LogP contribution < -0.4 is 5.32 Å². The van der Waals surface area contributed by atoms with Crippen molar-refractivity contribution >= 4 is 11.0 Å². The van der Waals surface area contributed by atoms with Crippen LogP contribution in [0.1, 0.15) is 44.6 Å². The van der Waals surface area contributed by atoms with Crippen molar-refractivity contribution in [2.45, 2.75) is 40.2 Å². The molecule has 1 aromatic carbocycles. The number of benzene rings is 1. The predicted molar refractivity (Wildman–Crippen MR) is 76.8 cm³/mol. The van der Waals surface area contributed by atoms with Gasteiger partial charge < -0.3 is 9.73 Å². The summed E-state index contributed by atoms with van der Waals surface area (Å²) >= 11 is 0. The maximum atomic E-state index is 13.4. The highest BCUT2D eigenvalue weighted by molar-refractivity contribution is 5.81. The molecule has 3 heteroatoms. The second-order valence-corrected chi connectivity index (χ2v) is 5.47. The number of hydrogen-bond donors (Lipinski definition) is 1. The smallest absolute Gasteiger partial charge is 0.137 e. The molecule has 0 aliphatic heterocycles. The van der Waals surface area contributed by atoms with E-state index >= 15 is 0 Å². The molecule has 1 atom stereocenters. The first-order valence-corrected chi connectivity index (χ1v) is 6.96. The summed E-state index contributed by atoms with van der Waals surface area (Å²) in [6, 6.07) is 5.18. The maximum absolute atomic E-state index is 13.4. The lowest BCUT2D eigenvalue weighted by atomic mass is 10.0. The summed E-state index contributed by atoms with van der Waals surface area (Å²) < 4.78 is 19.4. The summed E-state index contributed by atoms with van der Waals surface area (Å²) in [6.45, 7) is 9.29. The number of nitrogens with one attached hydrogen (secondary N) is 1. The molecule has 0 saturated carbocycles. The van der Waals surface area contributed by atoms with Crippen LogP contribution >= 0.6 is 0 Å². The van der Waals surface area contributed by atoms with Gasteiger partial charge in [0, 0.05) is 5.39 Å². The van der Waals surface area contributed by atoms with Crippen LogP contribution in [-0.2, 0) is 0 Å². The van der Waals surface area contributed by atoms with E-state index in [1.165, 1.54) is 12.1 Å². The standard InChI is InChI=1S/C16H22FNO/c1-5-6-18-15(10(2)3)14-9-12-8-13(17)7-11(4)16(12)19-14/h7-10,15,18H,5-6H2,1-4H3.